The van der Waals surface area contributed by atoms with Gasteiger partial charge in [0.05, 0.1) is 11.6 Å². The Labute approximate surface area is 74.3 Å². The average Bonchev–Trinajstić information content (AvgIpc) is 2.18. The first-order valence-corrected chi connectivity index (χ1v) is 3.76. The van der Waals surface area contributed by atoms with Gasteiger partial charge in [-0.15, -0.1) is 0 Å². The zero-order valence-corrected chi connectivity index (χ0v) is 6.66. The molecule has 0 fully saturated rings. The molecule has 0 N–H and O–H groups in total. The van der Waals surface area contributed by atoms with Gasteiger partial charge in [0, 0.05) is 17.0 Å². The lowest BCUT2D eigenvalue weighted by molar-refractivity contribution is 0.597. The van der Waals surface area contributed by atoms with Crippen molar-refractivity contribution in [1.82, 2.24) is 4.98 Å². The zero-order valence-electron chi connectivity index (χ0n) is 6.66. The summed E-state index contributed by atoms with van der Waals surface area (Å²) >= 11 is 0. The van der Waals surface area contributed by atoms with E-state index in [4.69, 9.17) is 5.26 Å². The lowest BCUT2D eigenvalue weighted by Gasteiger charge is -1.98. The van der Waals surface area contributed by atoms with Crippen LogP contribution in [0.4, 0.5) is 4.39 Å². The molecule has 0 saturated carbocycles. The summed E-state index contributed by atoms with van der Waals surface area (Å²) in [7, 11) is 0. The summed E-state index contributed by atoms with van der Waals surface area (Å²) in [6.07, 6.45) is 1.36. The molecule has 1 aromatic carbocycles. The molecule has 62 valence electrons. The number of benzene rings is 1. The highest BCUT2D eigenvalue weighted by molar-refractivity contribution is 5.87. The van der Waals surface area contributed by atoms with Crippen molar-refractivity contribution >= 4 is 10.8 Å². The summed E-state index contributed by atoms with van der Waals surface area (Å²) < 4.78 is 13.1. The Morgan fingerprint density at radius 2 is 2.08 bits per heavy atom. The second-order valence-corrected chi connectivity index (χ2v) is 2.61. The Kier molecular flexibility index (Phi) is 1.67. The predicted octanol–water partition coefficient (Wildman–Crippen LogP) is 2.25. The Balaban J connectivity index is 2.94. The van der Waals surface area contributed by atoms with Crippen LogP contribution in [0.25, 0.3) is 10.8 Å². The van der Waals surface area contributed by atoms with Crippen LogP contribution in [-0.2, 0) is 0 Å². The summed E-state index contributed by atoms with van der Waals surface area (Å²) in [6, 6.07) is 8.55. The molecule has 2 nitrogen and oxygen atoms in total. The van der Waals surface area contributed by atoms with E-state index in [2.05, 4.69) is 4.98 Å². The molecule has 0 aliphatic rings. The summed E-state index contributed by atoms with van der Waals surface area (Å²) in [5, 5.41) is 9.73. The van der Waals surface area contributed by atoms with E-state index in [1.807, 2.05) is 6.07 Å². The van der Waals surface area contributed by atoms with Crippen LogP contribution in [0.2, 0.25) is 0 Å². The maximum absolute atomic E-state index is 13.1. The van der Waals surface area contributed by atoms with E-state index in [1.165, 1.54) is 6.20 Å². The highest BCUT2D eigenvalue weighted by atomic mass is 19.1. The van der Waals surface area contributed by atoms with Crippen LogP contribution in [0.15, 0.2) is 30.5 Å². The number of rotatable bonds is 0. The van der Waals surface area contributed by atoms with Gasteiger partial charge in [0.2, 0.25) is 5.95 Å². The lowest BCUT2D eigenvalue weighted by atomic mass is 10.1. The number of hydrogen-bond acceptors (Lipinski definition) is 2. The van der Waals surface area contributed by atoms with Crippen LogP contribution in [-0.4, -0.2) is 4.98 Å². The van der Waals surface area contributed by atoms with E-state index in [0.717, 1.165) is 0 Å². The average molecular weight is 172 g/mol. The molecule has 0 bridgehead atoms. The minimum Gasteiger partial charge on any atom is -0.228 e. The monoisotopic (exact) mass is 172 g/mol. The minimum atomic E-state index is -0.533. The molecular formula is C10H5FN2. The van der Waals surface area contributed by atoms with Gasteiger partial charge in [-0.3, -0.25) is 0 Å². The quantitative estimate of drug-likeness (QED) is 0.571. The topological polar surface area (TPSA) is 36.7 Å². The normalized spacial score (nSPS) is 9.85. The van der Waals surface area contributed by atoms with Gasteiger partial charge in [-0.05, 0) is 18.2 Å². The Morgan fingerprint density at radius 3 is 2.85 bits per heavy atom. The fourth-order valence-corrected chi connectivity index (χ4v) is 1.27. The van der Waals surface area contributed by atoms with Crippen molar-refractivity contribution in [2.75, 3.05) is 0 Å². The number of aromatic nitrogens is 1. The first-order chi connectivity index (χ1) is 6.33. The molecule has 0 unspecified atom stereocenters. The molecule has 0 spiro atoms. The molecule has 0 aliphatic heterocycles. The predicted molar refractivity (Wildman–Crippen MR) is 46.4 cm³/mol. The number of halogens is 1. The second kappa shape index (κ2) is 2.83. The first kappa shape index (κ1) is 7.69. The highest BCUT2D eigenvalue weighted by Crippen LogP contribution is 2.18. The molecule has 13 heavy (non-hydrogen) atoms. The third-order valence-electron chi connectivity index (χ3n) is 1.88. The van der Waals surface area contributed by atoms with Gasteiger partial charge in [-0.2, -0.15) is 9.65 Å². The van der Waals surface area contributed by atoms with E-state index in [1.54, 1.807) is 24.3 Å². The summed E-state index contributed by atoms with van der Waals surface area (Å²) in [5.74, 6) is -0.533. The fourth-order valence-electron chi connectivity index (χ4n) is 1.27. The summed E-state index contributed by atoms with van der Waals surface area (Å²) in [4.78, 5) is 3.51. The van der Waals surface area contributed by atoms with Crippen LogP contribution >= 0.6 is 0 Å². The van der Waals surface area contributed by atoms with Crippen LogP contribution < -0.4 is 0 Å². The van der Waals surface area contributed by atoms with Gasteiger partial charge in [0.1, 0.15) is 0 Å². The third-order valence-corrected chi connectivity index (χ3v) is 1.88. The Morgan fingerprint density at radius 1 is 1.23 bits per heavy atom. The van der Waals surface area contributed by atoms with Gasteiger partial charge in [0.25, 0.3) is 0 Å². The molecule has 2 rings (SSSR count). The highest BCUT2D eigenvalue weighted by Gasteiger charge is 2.03. The number of fused-ring (bicyclic) bond motifs is 1. The molecule has 3 heteroatoms. The maximum Gasteiger partial charge on any atom is 0.220 e. The standard InChI is InChI=1S/C10H5FN2/c11-10-9-3-1-2-7(6-12)8(9)4-5-13-10/h1-5H. The number of nitrogens with zero attached hydrogens (tertiary/aromatic N) is 2. The van der Waals surface area contributed by atoms with Gasteiger partial charge in [0.15, 0.2) is 0 Å². The van der Waals surface area contributed by atoms with Crippen molar-refractivity contribution in [3.63, 3.8) is 0 Å². The SMILES string of the molecule is N#Cc1cccc2c(F)nccc12. The van der Waals surface area contributed by atoms with Gasteiger partial charge >= 0.3 is 0 Å². The van der Waals surface area contributed by atoms with E-state index < -0.39 is 5.95 Å². The van der Waals surface area contributed by atoms with E-state index >= 15 is 0 Å². The van der Waals surface area contributed by atoms with E-state index in [-0.39, 0.29) is 0 Å². The van der Waals surface area contributed by atoms with E-state index in [9.17, 15) is 4.39 Å². The van der Waals surface area contributed by atoms with Crippen molar-refractivity contribution in [1.29, 1.82) is 5.26 Å². The van der Waals surface area contributed by atoms with Gasteiger partial charge in [-0.25, -0.2) is 4.98 Å². The molecule has 0 amide bonds. The number of hydrogen-bond donors (Lipinski definition) is 0. The second-order valence-electron chi connectivity index (χ2n) is 2.61. The van der Waals surface area contributed by atoms with E-state index in [0.29, 0.717) is 16.3 Å². The molecule has 2 aromatic rings. The van der Waals surface area contributed by atoms with Gasteiger partial charge < -0.3 is 0 Å². The van der Waals surface area contributed by atoms with Gasteiger partial charge in [-0.1, -0.05) is 6.07 Å². The Hall–Kier alpha value is -1.95. The van der Waals surface area contributed by atoms with Crippen LogP contribution in [0.3, 0.4) is 0 Å². The van der Waals surface area contributed by atoms with Crippen molar-refractivity contribution in [2.24, 2.45) is 0 Å². The van der Waals surface area contributed by atoms with Crippen LogP contribution in [0, 0.1) is 17.3 Å². The smallest absolute Gasteiger partial charge is 0.220 e. The zero-order chi connectivity index (χ0) is 9.26. The molecular weight excluding hydrogens is 167 g/mol. The minimum absolute atomic E-state index is 0.390. The van der Waals surface area contributed by atoms with Crippen molar-refractivity contribution < 1.29 is 4.39 Å². The van der Waals surface area contributed by atoms with Crippen LogP contribution in [0.5, 0.6) is 0 Å². The molecule has 0 atom stereocenters. The number of pyridine rings is 1. The molecule has 0 radical (unpaired) electrons. The summed E-state index contributed by atoms with van der Waals surface area (Å²) in [6.45, 7) is 0. The van der Waals surface area contributed by atoms with Crippen molar-refractivity contribution in [2.45, 2.75) is 0 Å². The lowest BCUT2D eigenvalue weighted by Crippen LogP contribution is -1.86. The largest absolute Gasteiger partial charge is 0.228 e. The molecule has 1 aromatic heterocycles. The summed E-state index contributed by atoms with van der Waals surface area (Å²) in [5.41, 5.74) is 0.471. The van der Waals surface area contributed by atoms with Crippen molar-refractivity contribution in [3.05, 3.63) is 42.0 Å². The first-order valence-electron chi connectivity index (χ1n) is 3.76. The van der Waals surface area contributed by atoms with Crippen LogP contribution in [0.1, 0.15) is 5.56 Å². The molecule has 0 saturated heterocycles. The van der Waals surface area contributed by atoms with Crippen molar-refractivity contribution in [3.8, 4) is 6.07 Å². The third kappa shape index (κ3) is 1.13. The molecule has 1 heterocycles. The number of nitriles is 1. The fraction of sp³-hybridized carbons (Fsp3) is 0. The Bertz CT molecular complexity index is 500. The maximum atomic E-state index is 13.1. The molecule has 0 aliphatic carbocycles.